The highest BCUT2D eigenvalue weighted by Gasteiger charge is 2.29. The number of carbonyl (C=O) groups excluding carboxylic acids is 1. The van der Waals surface area contributed by atoms with Gasteiger partial charge in [-0.3, -0.25) is 4.79 Å². The first-order valence-corrected chi connectivity index (χ1v) is 8.33. The van der Waals surface area contributed by atoms with E-state index in [0.29, 0.717) is 23.0 Å². The molecule has 124 valence electrons. The number of anilines is 2. The molecule has 0 fully saturated rings. The predicted molar refractivity (Wildman–Crippen MR) is 98.2 cm³/mol. The SMILES string of the molecule is CCCCN1C(=O)/C(=C\c2ccc(Cl)cc2)Oc2cc(N)ccc21. The largest absolute Gasteiger partial charge is 0.449 e. The van der Waals surface area contributed by atoms with E-state index < -0.39 is 0 Å². The van der Waals surface area contributed by atoms with Crippen molar-refractivity contribution in [3.05, 3.63) is 58.8 Å². The minimum absolute atomic E-state index is 0.143. The number of nitrogens with two attached hydrogens (primary N) is 1. The van der Waals surface area contributed by atoms with Gasteiger partial charge in [-0.1, -0.05) is 37.1 Å². The van der Waals surface area contributed by atoms with E-state index in [4.69, 9.17) is 22.1 Å². The summed E-state index contributed by atoms with van der Waals surface area (Å²) in [6.07, 6.45) is 3.65. The first-order valence-electron chi connectivity index (χ1n) is 7.95. The molecule has 2 N–H and O–H groups in total. The first-order chi connectivity index (χ1) is 11.6. The molecular weight excluding hydrogens is 324 g/mol. The second-order valence-corrected chi connectivity index (χ2v) is 6.14. The molecule has 0 radical (unpaired) electrons. The lowest BCUT2D eigenvalue weighted by Gasteiger charge is -2.30. The Morgan fingerprint density at radius 3 is 2.67 bits per heavy atom. The summed E-state index contributed by atoms with van der Waals surface area (Å²) in [5.41, 5.74) is 8.07. The number of nitrogen functional groups attached to an aromatic ring is 1. The van der Waals surface area contributed by atoms with Crippen LogP contribution in [0.5, 0.6) is 5.75 Å². The van der Waals surface area contributed by atoms with E-state index in [1.807, 2.05) is 18.2 Å². The van der Waals surface area contributed by atoms with Crippen molar-refractivity contribution < 1.29 is 9.53 Å². The third kappa shape index (κ3) is 3.39. The molecule has 1 heterocycles. The second-order valence-electron chi connectivity index (χ2n) is 5.70. The molecule has 0 aromatic heterocycles. The Morgan fingerprint density at radius 1 is 1.21 bits per heavy atom. The summed E-state index contributed by atoms with van der Waals surface area (Å²) < 4.78 is 5.83. The van der Waals surface area contributed by atoms with Crippen LogP contribution in [0.15, 0.2) is 48.2 Å². The second kappa shape index (κ2) is 6.97. The van der Waals surface area contributed by atoms with E-state index in [-0.39, 0.29) is 11.7 Å². The summed E-state index contributed by atoms with van der Waals surface area (Å²) in [6.45, 7) is 2.74. The molecule has 1 aliphatic rings. The molecule has 0 saturated carbocycles. The van der Waals surface area contributed by atoms with Crippen molar-refractivity contribution in [3.63, 3.8) is 0 Å². The van der Waals surface area contributed by atoms with Gasteiger partial charge in [0.15, 0.2) is 11.5 Å². The van der Waals surface area contributed by atoms with Crippen LogP contribution in [0.4, 0.5) is 11.4 Å². The van der Waals surface area contributed by atoms with Crippen LogP contribution >= 0.6 is 11.6 Å². The molecule has 5 heteroatoms. The number of hydrogen-bond acceptors (Lipinski definition) is 3. The number of hydrogen-bond donors (Lipinski definition) is 1. The topological polar surface area (TPSA) is 55.6 Å². The summed E-state index contributed by atoms with van der Waals surface area (Å²) in [6, 6.07) is 12.6. The minimum Gasteiger partial charge on any atom is -0.449 e. The highest BCUT2D eigenvalue weighted by molar-refractivity contribution is 6.30. The summed E-state index contributed by atoms with van der Waals surface area (Å²) in [5.74, 6) is 0.744. The Bertz CT molecular complexity index is 784. The van der Waals surface area contributed by atoms with E-state index in [0.717, 1.165) is 24.1 Å². The van der Waals surface area contributed by atoms with Crippen LogP contribution in [0, 0.1) is 0 Å². The molecule has 0 saturated heterocycles. The third-order valence-corrected chi connectivity index (χ3v) is 4.11. The molecule has 4 nitrogen and oxygen atoms in total. The first kappa shape index (κ1) is 16.4. The van der Waals surface area contributed by atoms with Gasteiger partial charge in [-0.15, -0.1) is 0 Å². The normalized spacial score (nSPS) is 15.3. The zero-order chi connectivity index (χ0) is 17.1. The fourth-order valence-corrected chi connectivity index (χ4v) is 2.71. The van der Waals surface area contributed by atoms with E-state index in [9.17, 15) is 4.79 Å². The van der Waals surface area contributed by atoms with Crippen molar-refractivity contribution in [3.8, 4) is 5.75 Å². The zero-order valence-corrected chi connectivity index (χ0v) is 14.2. The van der Waals surface area contributed by atoms with Crippen LogP contribution in [0.2, 0.25) is 5.02 Å². The molecule has 2 aromatic carbocycles. The van der Waals surface area contributed by atoms with Crippen molar-refractivity contribution in [1.82, 2.24) is 0 Å². The van der Waals surface area contributed by atoms with Gasteiger partial charge >= 0.3 is 0 Å². The van der Waals surface area contributed by atoms with Crippen LogP contribution in [0.1, 0.15) is 25.3 Å². The average Bonchev–Trinajstić information content (AvgIpc) is 2.57. The van der Waals surface area contributed by atoms with Crippen molar-refractivity contribution in [2.75, 3.05) is 17.2 Å². The van der Waals surface area contributed by atoms with Gasteiger partial charge in [0.1, 0.15) is 0 Å². The molecule has 1 aliphatic heterocycles. The maximum absolute atomic E-state index is 12.8. The van der Waals surface area contributed by atoms with Crippen LogP contribution in [0.3, 0.4) is 0 Å². The van der Waals surface area contributed by atoms with Crippen molar-refractivity contribution in [2.24, 2.45) is 0 Å². The average molecular weight is 343 g/mol. The van der Waals surface area contributed by atoms with Gasteiger partial charge in [0.25, 0.3) is 5.91 Å². The molecule has 0 aliphatic carbocycles. The fourth-order valence-electron chi connectivity index (χ4n) is 2.58. The molecule has 0 unspecified atom stereocenters. The smallest absolute Gasteiger partial charge is 0.294 e. The standard InChI is InChI=1S/C19H19ClN2O2/c1-2-3-10-22-16-9-8-15(21)12-17(16)24-18(19(22)23)11-13-4-6-14(20)7-5-13/h4-9,11-12H,2-3,10,21H2,1H3/b18-11+. The number of amides is 1. The lowest BCUT2D eigenvalue weighted by Crippen LogP contribution is -2.38. The van der Waals surface area contributed by atoms with E-state index in [1.54, 1.807) is 35.2 Å². The third-order valence-electron chi connectivity index (χ3n) is 3.85. The number of benzene rings is 2. The van der Waals surface area contributed by atoms with E-state index >= 15 is 0 Å². The summed E-state index contributed by atoms with van der Waals surface area (Å²) >= 11 is 5.91. The Kier molecular flexibility index (Phi) is 4.76. The van der Waals surface area contributed by atoms with Crippen molar-refractivity contribution in [1.29, 1.82) is 0 Å². The van der Waals surface area contributed by atoms with E-state index in [2.05, 4.69) is 6.92 Å². The van der Waals surface area contributed by atoms with Crippen molar-refractivity contribution in [2.45, 2.75) is 19.8 Å². The zero-order valence-electron chi connectivity index (χ0n) is 13.5. The number of nitrogens with zero attached hydrogens (tertiary/aromatic N) is 1. The Labute approximate surface area is 146 Å². The summed E-state index contributed by atoms with van der Waals surface area (Å²) in [5, 5.41) is 0.649. The number of carbonyl (C=O) groups is 1. The van der Waals surface area contributed by atoms with Gasteiger partial charge in [-0.25, -0.2) is 0 Å². The van der Waals surface area contributed by atoms with Crippen molar-refractivity contribution >= 4 is 35.0 Å². The summed E-state index contributed by atoms with van der Waals surface area (Å²) in [4.78, 5) is 14.6. The highest BCUT2D eigenvalue weighted by atomic mass is 35.5. The predicted octanol–water partition coefficient (Wildman–Crippen LogP) is 4.49. The molecule has 3 rings (SSSR count). The van der Waals surface area contributed by atoms with Gasteiger partial charge in [0.2, 0.25) is 0 Å². The number of ether oxygens (including phenoxy) is 1. The van der Waals surface area contributed by atoms with Gasteiger partial charge < -0.3 is 15.4 Å². The minimum atomic E-state index is -0.143. The van der Waals surface area contributed by atoms with Gasteiger partial charge in [-0.2, -0.15) is 0 Å². The molecule has 2 aromatic rings. The van der Waals surface area contributed by atoms with Gasteiger partial charge in [-0.05, 0) is 42.3 Å². The Balaban J connectivity index is 1.99. The maximum Gasteiger partial charge on any atom is 0.294 e. The quantitative estimate of drug-likeness (QED) is 0.658. The number of halogens is 1. The Morgan fingerprint density at radius 2 is 1.96 bits per heavy atom. The molecule has 0 atom stereocenters. The summed E-state index contributed by atoms with van der Waals surface area (Å²) in [7, 11) is 0. The molecule has 24 heavy (non-hydrogen) atoms. The molecule has 0 bridgehead atoms. The van der Waals surface area contributed by atoms with Gasteiger partial charge in [0, 0.05) is 23.3 Å². The maximum atomic E-state index is 12.8. The Hall–Kier alpha value is -2.46. The lowest BCUT2D eigenvalue weighted by atomic mass is 10.1. The highest BCUT2D eigenvalue weighted by Crippen LogP contribution is 2.37. The molecule has 1 amide bonds. The van der Waals surface area contributed by atoms with Gasteiger partial charge in [0.05, 0.1) is 5.69 Å². The fraction of sp³-hybridized carbons (Fsp3) is 0.211. The lowest BCUT2D eigenvalue weighted by molar-refractivity contribution is -0.117. The van der Waals surface area contributed by atoms with Crippen LogP contribution in [-0.2, 0) is 4.79 Å². The number of unbranched alkanes of at least 4 members (excludes halogenated alkanes) is 1. The van der Waals surface area contributed by atoms with Crippen LogP contribution in [0.25, 0.3) is 6.08 Å². The van der Waals surface area contributed by atoms with E-state index in [1.165, 1.54) is 0 Å². The molecule has 0 spiro atoms. The monoisotopic (exact) mass is 342 g/mol. The van der Waals surface area contributed by atoms with Crippen LogP contribution in [-0.4, -0.2) is 12.5 Å². The number of fused-ring (bicyclic) bond motifs is 1. The van der Waals surface area contributed by atoms with Crippen LogP contribution < -0.4 is 15.4 Å². The number of rotatable bonds is 4. The molecular formula is C19H19ClN2O2.